The number of hydrogen-bond donors (Lipinski definition) is 2. The molecule has 2 aromatic carbocycles. The van der Waals surface area contributed by atoms with Gasteiger partial charge in [0.2, 0.25) is 0 Å². The minimum absolute atomic E-state index is 0.0754. The highest BCUT2D eigenvalue weighted by molar-refractivity contribution is 6.04. The van der Waals surface area contributed by atoms with Crippen molar-refractivity contribution in [2.45, 2.75) is 32.3 Å². The molecule has 2 N–H and O–H groups in total. The van der Waals surface area contributed by atoms with Crippen molar-refractivity contribution < 1.29 is 9.90 Å². The van der Waals surface area contributed by atoms with Crippen LogP contribution in [-0.2, 0) is 6.42 Å². The molecule has 0 bridgehead atoms. The van der Waals surface area contributed by atoms with Gasteiger partial charge in [0.25, 0.3) is 5.91 Å². The summed E-state index contributed by atoms with van der Waals surface area (Å²) in [6, 6.07) is 15.7. The van der Waals surface area contributed by atoms with E-state index in [-0.39, 0.29) is 12.0 Å². The average molecular weight is 338 g/mol. The summed E-state index contributed by atoms with van der Waals surface area (Å²) in [5.41, 5.74) is 3.80. The molecule has 2 aromatic rings. The summed E-state index contributed by atoms with van der Waals surface area (Å²) in [6.07, 6.45) is 2.50. The lowest BCUT2D eigenvalue weighted by Gasteiger charge is -2.29. The minimum atomic E-state index is -0.134. The van der Waals surface area contributed by atoms with Gasteiger partial charge < -0.3 is 15.3 Å². The highest BCUT2D eigenvalue weighted by Gasteiger charge is 2.16. The Kier molecular flexibility index (Phi) is 5.84. The molecule has 25 heavy (non-hydrogen) atoms. The molecular formula is C21H26N2O2. The van der Waals surface area contributed by atoms with E-state index in [1.54, 1.807) is 0 Å². The van der Waals surface area contributed by atoms with Crippen LogP contribution >= 0.6 is 0 Å². The molecule has 1 aliphatic heterocycles. The average Bonchev–Trinajstić information content (AvgIpc) is 2.61. The minimum Gasteiger partial charge on any atom is -0.393 e. The predicted octanol–water partition coefficient (Wildman–Crippen LogP) is 3.25. The number of piperidine rings is 1. The van der Waals surface area contributed by atoms with Crippen LogP contribution in [-0.4, -0.2) is 41.7 Å². The summed E-state index contributed by atoms with van der Waals surface area (Å²) >= 11 is 0. The van der Waals surface area contributed by atoms with E-state index < -0.39 is 0 Å². The number of amides is 1. The first-order valence-electron chi connectivity index (χ1n) is 8.97. The number of carbonyl (C=O) groups is 1. The Morgan fingerprint density at radius 3 is 2.68 bits per heavy atom. The van der Waals surface area contributed by atoms with Gasteiger partial charge in [0.1, 0.15) is 0 Å². The molecule has 132 valence electrons. The van der Waals surface area contributed by atoms with Crippen molar-refractivity contribution in [2.24, 2.45) is 0 Å². The summed E-state index contributed by atoms with van der Waals surface area (Å²) < 4.78 is 0. The predicted molar refractivity (Wildman–Crippen MR) is 101 cm³/mol. The van der Waals surface area contributed by atoms with Crippen molar-refractivity contribution in [3.63, 3.8) is 0 Å². The Morgan fingerprint density at radius 1 is 1.16 bits per heavy atom. The third-order valence-electron chi connectivity index (χ3n) is 4.74. The van der Waals surface area contributed by atoms with Crippen LogP contribution in [0.5, 0.6) is 0 Å². The number of likely N-dealkylation sites (tertiary alicyclic amines) is 1. The van der Waals surface area contributed by atoms with Crippen molar-refractivity contribution in [1.82, 2.24) is 4.90 Å². The Balaban J connectivity index is 1.58. The number of carbonyl (C=O) groups excluding carboxylic acids is 1. The molecule has 4 heteroatoms. The largest absolute Gasteiger partial charge is 0.393 e. The maximum Gasteiger partial charge on any atom is 0.255 e. The van der Waals surface area contributed by atoms with Crippen molar-refractivity contribution in [3.8, 4) is 0 Å². The summed E-state index contributed by atoms with van der Waals surface area (Å²) in [7, 11) is 0. The van der Waals surface area contributed by atoms with E-state index in [0.717, 1.165) is 50.1 Å². The summed E-state index contributed by atoms with van der Waals surface area (Å²) in [6.45, 7) is 4.88. The molecular weight excluding hydrogens is 312 g/mol. The zero-order valence-electron chi connectivity index (χ0n) is 14.7. The SMILES string of the molecule is Cc1cccc(NC(=O)c2cccc(CCN3CCC(O)CC3)c2)c1. The number of nitrogens with one attached hydrogen (secondary N) is 1. The molecule has 4 nitrogen and oxygen atoms in total. The van der Waals surface area contributed by atoms with Crippen molar-refractivity contribution >= 4 is 11.6 Å². The summed E-state index contributed by atoms with van der Waals surface area (Å²) in [5, 5.41) is 12.5. The standard InChI is InChI=1S/C21H26N2O2/c1-16-4-2-7-19(14-16)22-21(25)18-6-3-5-17(15-18)8-11-23-12-9-20(24)10-13-23/h2-7,14-15,20,24H,8-13H2,1H3,(H,22,25). The fourth-order valence-electron chi connectivity index (χ4n) is 3.22. The number of anilines is 1. The van der Waals surface area contributed by atoms with E-state index in [1.165, 1.54) is 5.56 Å². The molecule has 0 saturated carbocycles. The molecule has 0 spiro atoms. The molecule has 0 aromatic heterocycles. The molecule has 0 atom stereocenters. The number of hydrogen-bond acceptors (Lipinski definition) is 3. The number of rotatable bonds is 5. The quantitative estimate of drug-likeness (QED) is 0.880. The number of aryl methyl sites for hydroxylation is 1. The maximum absolute atomic E-state index is 12.5. The second-order valence-electron chi connectivity index (χ2n) is 6.85. The lowest BCUT2D eigenvalue weighted by atomic mass is 10.0. The molecule has 1 saturated heterocycles. The van der Waals surface area contributed by atoms with E-state index in [4.69, 9.17) is 0 Å². The second kappa shape index (κ2) is 8.28. The Morgan fingerprint density at radius 2 is 1.92 bits per heavy atom. The van der Waals surface area contributed by atoms with E-state index in [9.17, 15) is 9.90 Å². The molecule has 0 aliphatic carbocycles. The third-order valence-corrected chi connectivity index (χ3v) is 4.74. The normalized spacial score (nSPS) is 15.9. The number of aliphatic hydroxyl groups is 1. The molecule has 3 rings (SSSR count). The van der Waals surface area contributed by atoms with Gasteiger partial charge in [-0.2, -0.15) is 0 Å². The monoisotopic (exact) mass is 338 g/mol. The Bertz CT molecular complexity index is 721. The zero-order valence-corrected chi connectivity index (χ0v) is 14.7. The van der Waals surface area contributed by atoms with E-state index in [2.05, 4.69) is 16.3 Å². The fraction of sp³-hybridized carbons (Fsp3) is 0.381. The van der Waals surface area contributed by atoms with Gasteiger partial charge >= 0.3 is 0 Å². The summed E-state index contributed by atoms with van der Waals surface area (Å²) in [4.78, 5) is 14.9. The lowest BCUT2D eigenvalue weighted by Crippen LogP contribution is -2.37. The zero-order chi connectivity index (χ0) is 17.6. The Hall–Kier alpha value is -2.17. The molecule has 1 heterocycles. The maximum atomic E-state index is 12.5. The van der Waals surface area contributed by atoms with Crippen LogP contribution in [0.2, 0.25) is 0 Å². The first-order valence-corrected chi connectivity index (χ1v) is 8.97. The van der Waals surface area contributed by atoms with Crippen LogP contribution in [0.3, 0.4) is 0 Å². The van der Waals surface area contributed by atoms with Gasteiger partial charge in [0, 0.05) is 30.9 Å². The van der Waals surface area contributed by atoms with Crippen LogP contribution < -0.4 is 5.32 Å². The second-order valence-corrected chi connectivity index (χ2v) is 6.85. The van der Waals surface area contributed by atoms with Crippen LogP contribution in [0.15, 0.2) is 48.5 Å². The van der Waals surface area contributed by atoms with Gasteiger partial charge in [-0.05, 0) is 61.6 Å². The molecule has 1 amide bonds. The van der Waals surface area contributed by atoms with Crippen molar-refractivity contribution in [1.29, 1.82) is 0 Å². The Labute approximate surface area is 149 Å². The number of benzene rings is 2. The smallest absolute Gasteiger partial charge is 0.255 e. The van der Waals surface area contributed by atoms with Gasteiger partial charge in [-0.25, -0.2) is 0 Å². The van der Waals surface area contributed by atoms with Gasteiger partial charge in [0.05, 0.1) is 6.10 Å². The third kappa shape index (κ3) is 5.15. The summed E-state index contributed by atoms with van der Waals surface area (Å²) in [5.74, 6) is -0.0754. The van der Waals surface area contributed by atoms with Crippen LogP contribution in [0.1, 0.15) is 34.3 Å². The van der Waals surface area contributed by atoms with E-state index in [1.807, 2.05) is 49.4 Å². The number of nitrogens with zero attached hydrogens (tertiary/aromatic N) is 1. The van der Waals surface area contributed by atoms with Crippen molar-refractivity contribution in [2.75, 3.05) is 25.0 Å². The first kappa shape index (κ1) is 17.6. The van der Waals surface area contributed by atoms with Gasteiger partial charge in [-0.1, -0.05) is 24.3 Å². The topological polar surface area (TPSA) is 52.6 Å². The van der Waals surface area contributed by atoms with Crippen molar-refractivity contribution in [3.05, 3.63) is 65.2 Å². The molecule has 0 unspecified atom stereocenters. The molecule has 1 aliphatic rings. The van der Waals surface area contributed by atoms with Crippen LogP contribution in [0.4, 0.5) is 5.69 Å². The van der Waals surface area contributed by atoms with Crippen LogP contribution in [0.25, 0.3) is 0 Å². The lowest BCUT2D eigenvalue weighted by molar-refractivity contribution is 0.0831. The highest BCUT2D eigenvalue weighted by atomic mass is 16.3. The van der Waals surface area contributed by atoms with Crippen LogP contribution in [0, 0.1) is 6.92 Å². The van der Waals surface area contributed by atoms with E-state index >= 15 is 0 Å². The fourth-order valence-corrected chi connectivity index (χ4v) is 3.22. The van der Waals surface area contributed by atoms with Gasteiger partial charge in [-0.3, -0.25) is 4.79 Å². The van der Waals surface area contributed by atoms with Gasteiger partial charge in [0.15, 0.2) is 0 Å². The highest BCUT2D eigenvalue weighted by Crippen LogP contribution is 2.14. The molecule has 1 fully saturated rings. The van der Waals surface area contributed by atoms with Gasteiger partial charge in [-0.15, -0.1) is 0 Å². The van der Waals surface area contributed by atoms with E-state index in [0.29, 0.717) is 5.56 Å². The first-order chi connectivity index (χ1) is 12.1. The molecule has 0 radical (unpaired) electrons. The number of aliphatic hydroxyl groups excluding tert-OH is 1.